The molecule has 0 saturated heterocycles. The lowest BCUT2D eigenvalue weighted by atomic mass is 10.0. The molecule has 1 fully saturated rings. The van der Waals surface area contributed by atoms with Gasteiger partial charge in [-0.15, -0.1) is 0 Å². The number of fused-ring (bicyclic) bond motifs is 1. The summed E-state index contributed by atoms with van der Waals surface area (Å²) >= 11 is 0. The van der Waals surface area contributed by atoms with Gasteiger partial charge in [0.1, 0.15) is 23.8 Å². The van der Waals surface area contributed by atoms with Crippen molar-refractivity contribution in [2.24, 2.45) is 10.9 Å². The average molecular weight is 405 g/mol. The molecular formula is C22H28N8. The van der Waals surface area contributed by atoms with Crippen LogP contribution in [0.1, 0.15) is 30.4 Å². The summed E-state index contributed by atoms with van der Waals surface area (Å²) in [5, 5.41) is 20.1. The van der Waals surface area contributed by atoms with Gasteiger partial charge < -0.3 is 10.2 Å². The highest BCUT2D eigenvalue weighted by Gasteiger charge is 2.31. The van der Waals surface area contributed by atoms with Crippen LogP contribution in [0.15, 0.2) is 41.8 Å². The lowest BCUT2D eigenvalue weighted by Gasteiger charge is -2.26. The molecule has 2 heterocycles. The Bertz CT molecular complexity index is 1050. The van der Waals surface area contributed by atoms with E-state index in [0.29, 0.717) is 5.84 Å². The van der Waals surface area contributed by atoms with E-state index in [0.717, 1.165) is 48.4 Å². The van der Waals surface area contributed by atoms with Gasteiger partial charge in [0.05, 0.1) is 11.6 Å². The summed E-state index contributed by atoms with van der Waals surface area (Å²) in [6, 6.07) is 8.77. The molecule has 0 amide bonds. The molecular weight excluding hydrogens is 376 g/mol. The minimum atomic E-state index is 0.198. The van der Waals surface area contributed by atoms with Crippen molar-refractivity contribution in [3.63, 3.8) is 0 Å². The molecule has 0 aliphatic heterocycles. The molecule has 1 saturated carbocycles. The minimum absolute atomic E-state index is 0.198. The average Bonchev–Trinajstić information content (AvgIpc) is 3.42. The van der Waals surface area contributed by atoms with Crippen molar-refractivity contribution in [1.82, 2.24) is 25.1 Å². The third-order valence-electron chi connectivity index (χ3n) is 5.90. The molecule has 156 valence electrons. The minimum Gasteiger partial charge on any atom is -0.367 e. The van der Waals surface area contributed by atoms with E-state index in [2.05, 4.69) is 61.7 Å². The number of aromatic nitrogens is 4. The summed E-state index contributed by atoms with van der Waals surface area (Å²) in [5.41, 5.74) is 3.19. The molecule has 0 radical (unpaired) electrons. The maximum atomic E-state index is 8.78. The fourth-order valence-electron chi connectivity index (χ4n) is 4.08. The van der Waals surface area contributed by atoms with Crippen LogP contribution in [0.3, 0.4) is 0 Å². The number of aryl methyl sites for hydroxylation is 1. The second kappa shape index (κ2) is 8.61. The SMILES string of the molecule is CN=C(Cc1ccc(C)cc1)N(C)C(=N)[C@@H]1CC[C@H](Nc2ncnc3[nH]ncc23)C1. The van der Waals surface area contributed by atoms with E-state index < -0.39 is 0 Å². The number of hydrogen-bond donors (Lipinski definition) is 3. The third-order valence-corrected chi connectivity index (χ3v) is 5.90. The van der Waals surface area contributed by atoms with Crippen LogP contribution in [0.5, 0.6) is 0 Å². The number of rotatable bonds is 5. The standard InChI is InChI=1S/C22H28N8/c1-14-4-6-15(7-5-14)10-19(24-2)30(3)20(23)16-8-9-17(11-16)28-21-18-12-27-29-22(18)26-13-25-21/h4-7,12-13,16-17,23H,8-11H2,1-3H3,(H2,25,26,27,28,29)/t16-,17+/m1/s1. The molecule has 0 unspecified atom stereocenters. The van der Waals surface area contributed by atoms with Gasteiger partial charge in [0.2, 0.25) is 0 Å². The Morgan fingerprint density at radius 2 is 2.07 bits per heavy atom. The first kappa shape index (κ1) is 20.0. The maximum absolute atomic E-state index is 8.78. The highest BCUT2D eigenvalue weighted by molar-refractivity contribution is 6.01. The molecule has 1 aliphatic carbocycles. The predicted molar refractivity (Wildman–Crippen MR) is 120 cm³/mol. The first-order valence-corrected chi connectivity index (χ1v) is 10.3. The summed E-state index contributed by atoms with van der Waals surface area (Å²) in [4.78, 5) is 15.0. The van der Waals surface area contributed by atoms with Crippen LogP contribution >= 0.6 is 0 Å². The molecule has 30 heavy (non-hydrogen) atoms. The van der Waals surface area contributed by atoms with Crippen molar-refractivity contribution in [1.29, 1.82) is 5.41 Å². The number of nitrogens with zero attached hydrogens (tertiary/aromatic N) is 5. The zero-order chi connectivity index (χ0) is 21.1. The lowest BCUT2D eigenvalue weighted by molar-refractivity contribution is 0.600. The van der Waals surface area contributed by atoms with E-state index in [1.807, 2.05) is 11.9 Å². The summed E-state index contributed by atoms with van der Waals surface area (Å²) in [5.74, 6) is 2.54. The number of hydrogen-bond acceptors (Lipinski definition) is 6. The van der Waals surface area contributed by atoms with Crippen molar-refractivity contribution in [3.8, 4) is 0 Å². The predicted octanol–water partition coefficient (Wildman–Crippen LogP) is 3.42. The monoisotopic (exact) mass is 404 g/mol. The maximum Gasteiger partial charge on any atom is 0.160 e. The van der Waals surface area contributed by atoms with Gasteiger partial charge in [0, 0.05) is 32.5 Å². The van der Waals surface area contributed by atoms with Gasteiger partial charge in [-0.2, -0.15) is 5.10 Å². The molecule has 2 aromatic heterocycles. The Morgan fingerprint density at radius 3 is 2.83 bits per heavy atom. The van der Waals surface area contributed by atoms with E-state index in [1.165, 1.54) is 11.1 Å². The topological polar surface area (TPSA) is 106 Å². The van der Waals surface area contributed by atoms with E-state index in [1.54, 1.807) is 19.6 Å². The molecule has 3 N–H and O–H groups in total. The molecule has 1 aromatic carbocycles. The number of H-pyrrole nitrogens is 1. The molecule has 4 rings (SSSR count). The van der Waals surface area contributed by atoms with Crippen molar-refractivity contribution >= 4 is 28.5 Å². The molecule has 1 aliphatic rings. The highest BCUT2D eigenvalue weighted by Crippen LogP contribution is 2.30. The van der Waals surface area contributed by atoms with Gasteiger partial charge in [-0.1, -0.05) is 29.8 Å². The van der Waals surface area contributed by atoms with Crippen LogP contribution in [-0.4, -0.2) is 56.9 Å². The van der Waals surface area contributed by atoms with Gasteiger partial charge >= 0.3 is 0 Å². The summed E-state index contributed by atoms with van der Waals surface area (Å²) < 4.78 is 0. The first-order chi connectivity index (χ1) is 14.5. The zero-order valence-electron chi connectivity index (χ0n) is 17.7. The molecule has 0 bridgehead atoms. The van der Waals surface area contributed by atoms with E-state index in [4.69, 9.17) is 5.41 Å². The second-order valence-electron chi connectivity index (χ2n) is 7.95. The Morgan fingerprint density at radius 1 is 1.27 bits per heavy atom. The Hall–Kier alpha value is -3.29. The van der Waals surface area contributed by atoms with Gasteiger partial charge in [-0.3, -0.25) is 15.5 Å². The van der Waals surface area contributed by atoms with E-state index in [9.17, 15) is 0 Å². The van der Waals surface area contributed by atoms with Crippen LogP contribution in [0.25, 0.3) is 11.0 Å². The van der Waals surface area contributed by atoms with Crippen molar-refractivity contribution in [3.05, 3.63) is 47.9 Å². The van der Waals surface area contributed by atoms with Crippen LogP contribution in [0.2, 0.25) is 0 Å². The normalized spacial score (nSPS) is 19.2. The molecule has 8 nitrogen and oxygen atoms in total. The van der Waals surface area contributed by atoms with E-state index >= 15 is 0 Å². The fraction of sp³-hybridized carbons (Fsp3) is 0.409. The number of amidine groups is 2. The third kappa shape index (κ3) is 4.17. The summed E-state index contributed by atoms with van der Waals surface area (Å²) in [6.07, 6.45) is 6.88. The number of likely N-dealkylation sites (N-methyl/N-ethyl adjacent to an activating group) is 1. The molecule has 3 aromatic rings. The number of aromatic amines is 1. The van der Waals surface area contributed by atoms with Crippen LogP contribution < -0.4 is 5.32 Å². The molecule has 0 spiro atoms. The Labute approximate surface area is 176 Å². The molecule has 8 heteroatoms. The number of nitrogens with one attached hydrogen (secondary N) is 3. The Kier molecular flexibility index (Phi) is 5.74. The van der Waals surface area contributed by atoms with Crippen molar-refractivity contribution in [2.45, 2.75) is 38.6 Å². The van der Waals surface area contributed by atoms with Gasteiger partial charge in [0.25, 0.3) is 0 Å². The highest BCUT2D eigenvalue weighted by atomic mass is 15.2. The number of aliphatic imine (C=N–C) groups is 1. The van der Waals surface area contributed by atoms with Crippen LogP contribution in [0, 0.1) is 18.3 Å². The van der Waals surface area contributed by atoms with Crippen molar-refractivity contribution < 1.29 is 0 Å². The van der Waals surface area contributed by atoms with Crippen LogP contribution in [-0.2, 0) is 6.42 Å². The summed E-state index contributed by atoms with van der Waals surface area (Å²) in [7, 11) is 3.76. The van der Waals surface area contributed by atoms with Gasteiger partial charge in [0.15, 0.2) is 5.65 Å². The van der Waals surface area contributed by atoms with Gasteiger partial charge in [-0.25, -0.2) is 9.97 Å². The second-order valence-corrected chi connectivity index (χ2v) is 7.95. The number of anilines is 1. The fourth-order valence-corrected chi connectivity index (χ4v) is 4.08. The Balaban J connectivity index is 1.38. The quantitative estimate of drug-likeness (QED) is 0.446. The van der Waals surface area contributed by atoms with Crippen LogP contribution in [0.4, 0.5) is 5.82 Å². The summed E-state index contributed by atoms with van der Waals surface area (Å²) in [6.45, 7) is 2.09. The lowest BCUT2D eigenvalue weighted by Crippen LogP contribution is -2.38. The van der Waals surface area contributed by atoms with E-state index in [-0.39, 0.29) is 12.0 Å². The largest absolute Gasteiger partial charge is 0.367 e. The first-order valence-electron chi connectivity index (χ1n) is 10.3. The zero-order valence-corrected chi connectivity index (χ0v) is 17.7. The molecule has 2 atom stereocenters. The number of benzene rings is 1. The van der Waals surface area contributed by atoms with Gasteiger partial charge in [-0.05, 0) is 31.7 Å². The van der Waals surface area contributed by atoms with Crippen molar-refractivity contribution in [2.75, 3.05) is 19.4 Å². The smallest absolute Gasteiger partial charge is 0.160 e.